The molecule has 5 heteroatoms. The maximum atomic E-state index is 11.7. The van der Waals surface area contributed by atoms with Crippen LogP contribution in [-0.2, 0) is 9.53 Å². The number of carbonyl (C=O) groups is 2. The molecule has 0 aromatic rings. The Bertz CT molecular complexity index is 287. The summed E-state index contributed by atoms with van der Waals surface area (Å²) in [6.45, 7) is 3.41. The zero-order chi connectivity index (χ0) is 11.5. The molecule has 2 aliphatic rings. The van der Waals surface area contributed by atoms with E-state index < -0.39 is 6.10 Å². The fraction of sp³-hybridized carbons (Fsp3) is 0.818. The number of nitrogens with one attached hydrogen (secondary N) is 1. The molecule has 0 bridgehead atoms. The van der Waals surface area contributed by atoms with E-state index in [-0.39, 0.29) is 18.0 Å². The van der Waals surface area contributed by atoms with Crippen molar-refractivity contribution in [1.29, 1.82) is 0 Å². The molecular weight excluding hydrogens is 208 g/mol. The fourth-order valence-electron chi connectivity index (χ4n) is 2.20. The van der Waals surface area contributed by atoms with Crippen LogP contribution in [0.15, 0.2) is 0 Å². The zero-order valence-corrected chi connectivity index (χ0v) is 9.57. The average molecular weight is 226 g/mol. The summed E-state index contributed by atoms with van der Waals surface area (Å²) in [5.41, 5.74) is 0. The molecule has 0 aromatic heterocycles. The van der Waals surface area contributed by atoms with Crippen LogP contribution in [0.2, 0.25) is 0 Å². The maximum absolute atomic E-state index is 11.7. The maximum Gasteiger partial charge on any atom is 0.410 e. The van der Waals surface area contributed by atoms with Crippen LogP contribution in [0.1, 0.15) is 32.6 Å². The Morgan fingerprint density at radius 1 is 1.38 bits per heavy atom. The third kappa shape index (κ3) is 2.46. The molecule has 0 spiro atoms. The molecule has 2 saturated heterocycles. The summed E-state index contributed by atoms with van der Waals surface area (Å²) in [5, 5.41) is 2.74. The molecule has 5 nitrogen and oxygen atoms in total. The van der Waals surface area contributed by atoms with Gasteiger partial charge in [-0.25, -0.2) is 4.79 Å². The van der Waals surface area contributed by atoms with Crippen molar-refractivity contribution in [3.63, 3.8) is 0 Å². The molecule has 0 saturated carbocycles. The van der Waals surface area contributed by atoms with Crippen molar-refractivity contribution in [2.75, 3.05) is 13.1 Å². The Kier molecular flexibility index (Phi) is 3.31. The monoisotopic (exact) mass is 226 g/mol. The van der Waals surface area contributed by atoms with Crippen LogP contribution in [0.3, 0.4) is 0 Å². The molecule has 0 aromatic carbocycles. The van der Waals surface area contributed by atoms with E-state index in [9.17, 15) is 9.59 Å². The first kappa shape index (κ1) is 11.2. The SMILES string of the molecule is CC1CC(OC(=O)N2CCCCC2)C(=O)N1. The Balaban J connectivity index is 1.84. The lowest BCUT2D eigenvalue weighted by atomic mass is 10.1. The fourth-order valence-corrected chi connectivity index (χ4v) is 2.20. The minimum absolute atomic E-state index is 0.103. The van der Waals surface area contributed by atoms with Crippen LogP contribution in [0.4, 0.5) is 4.79 Å². The third-order valence-electron chi connectivity index (χ3n) is 3.11. The normalized spacial score (nSPS) is 30.1. The quantitative estimate of drug-likeness (QED) is 0.722. The molecule has 2 aliphatic heterocycles. The number of hydrogen-bond donors (Lipinski definition) is 1. The highest BCUT2D eigenvalue weighted by Crippen LogP contribution is 2.15. The first-order chi connectivity index (χ1) is 7.66. The smallest absolute Gasteiger partial charge is 0.410 e. The van der Waals surface area contributed by atoms with E-state index >= 15 is 0 Å². The van der Waals surface area contributed by atoms with Gasteiger partial charge < -0.3 is 15.0 Å². The van der Waals surface area contributed by atoms with Crippen molar-refractivity contribution in [3.8, 4) is 0 Å². The number of likely N-dealkylation sites (tertiary alicyclic amines) is 1. The summed E-state index contributed by atoms with van der Waals surface area (Å²) in [5.74, 6) is -0.169. The van der Waals surface area contributed by atoms with E-state index in [4.69, 9.17) is 4.74 Å². The summed E-state index contributed by atoms with van der Waals surface area (Å²) in [7, 11) is 0. The topological polar surface area (TPSA) is 58.6 Å². The summed E-state index contributed by atoms with van der Waals surface area (Å²) in [4.78, 5) is 24.8. The average Bonchev–Trinajstić information content (AvgIpc) is 2.59. The molecule has 0 aliphatic carbocycles. The molecule has 2 fully saturated rings. The number of hydrogen-bond acceptors (Lipinski definition) is 3. The van der Waals surface area contributed by atoms with E-state index in [1.165, 1.54) is 6.42 Å². The van der Waals surface area contributed by atoms with Gasteiger partial charge in [0.05, 0.1) is 0 Å². The van der Waals surface area contributed by atoms with Gasteiger partial charge in [-0.05, 0) is 26.2 Å². The lowest BCUT2D eigenvalue weighted by Crippen LogP contribution is -2.39. The highest BCUT2D eigenvalue weighted by molar-refractivity contribution is 5.85. The Hall–Kier alpha value is -1.26. The second kappa shape index (κ2) is 4.72. The van der Waals surface area contributed by atoms with Gasteiger partial charge in [0.1, 0.15) is 0 Å². The predicted molar refractivity (Wildman–Crippen MR) is 57.9 cm³/mol. The summed E-state index contributed by atoms with van der Waals surface area (Å²) in [6, 6.07) is 0.103. The van der Waals surface area contributed by atoms with Gasteiger partial charge in [0.15, 0.2) is 6.10 Å². The van der Waals surface area contributed by atoms with Gasteiger partial charge >= 0.3 is 6.09 Å². The summed E-state index contributed by atoms with van der Waals surface area (Å²) < 4.78 is 5.21. The standard InChI is InChI=1S/C11H18N2O3/c1-8-7-9(10(14)12-8)16-11(15)13-5-3-2-4-6-13/h8-9H,2-7H2,1H3,(H,12,14). The van der Waals surface area contributed by atoms with Crippen molar-refractivity contribution >= 4 is 12.0 Å². The Morgan fingerprint density at radius 2 is 2.06 bits per heavy atom. The number of nitrogens with zero attached hydrogens (tertiary/aromatic N) is 1. The highest BCUT2D eigenvalue weighted by Gasteiger charge is 2.33. The summed E-state index contributed by atoms with van der Waals surface area (Å²) >= 11 is 0. The van der Waals surface area contributed by atoms with Gasteiger partial charge in [0.2, 0.25) is 0 Å². The van der Waals surface area contributed by atoms with Crippen LogP contribution >= 0.6 is 0 Å². The number of ether oxygens (including phenoxy) is 1. The molecule has 2 amide bonds. The lowest BCUT2D eigenvalue weighted by Gasteiger charge is -2.26. The molecule has 2 unspecified atom stereocenters. The van der Waals surface area contributed by atoms with Crippen LogP contribution in [0.25, 0.3) is 0 Å². The zero-order valence-electron chi connectivity index (χ0n) is 9.57. The Labute approximate surface area is 95.1 Å². The van der Waals surface area contributed by atoms with Crippen LogP contribution in [0.5, 0.6) is 0 Å². The van der Waals surface area contributed by atoms with Gasteiger partial charge in [0.25, 0.3) is 5.91 Å². The van der Waals surface area contributed by atoms with Gasteiger partial charge in [-0.15, -0.1) is 0 Å². The van der Waals surface area contributed by atoms with Crippen LogP contribution < -0.4 is 5.32 Å². The number of amides is 2. The highest BCUT2D eigenvalue weighted by atomic mass is 16.6. The molecule has 2 atom stereocenters. The first-order valence-corrected chi connectivity index (χ1v) is 5.93. The lowest BCUT2D eigenvalue weighted by molar-refractivity contribution is -0.126. The van der Waals surface area contributed by atoms with Crippen molar-refractivity contribution in [3.05, 3.63) is 0 Å². The van der Waals surface area contributed by atoms with Gasteiger partial charge in [0, 0.05) is 25.6 Å². The molecule has 0 radical (unpaired) electrons. The van der Waals surface area contributed by atoms with Crippen molar-refractivity contribution < 1.29 is 14.3 Å². The minimum atomic E-state index is -0.593. The molecular formula is C11H18N2O3. The minimum Gasteiger partial charge on any atom is -0.436 e. The largest absolute Gasteiger partial charge is 0.436 e. The molecule has 16 heavy (non-hydrogen) atoms. The van der Waals surface area contributed by atoms with E-state index in [0.717, 1.165) is 25.9 Å². The van der Waals surface area contributed by atoms with Gasteiger partial charge in [-0.3, -0.25) is 4.79 Å². The molecule has 2 heterocycles. The van der Waals surface area contributed by atoms with Crippen molar-refractivity contribution in [2.24, 2.45) is 0 Å². The van der Waals surface area contributed by atoms with Gasteiger partial charge in [-0.1, -0.05) is 0 Å². The summed E-state index contributed by atoms with van der Waals surface area (Å²) in [6.07, 6.45) is 2.88. The molecule has 2 rings (SSSR count). The second-order valence-corrected chi connectivity index (χ2v) is 4.57. The molecule has 1 N–H and O–H groups in total. The molecule has 90 valence electrons. The van der Waals surface area contributed by atoms with Crippen molar-refractivity contribution in [2.45, 2.75) is 44.8 Å². The van der Waals surface area contributed by atoms with E-state index in [1.807, 2.05) is 6.92 Å². The van der Waals surface area contributed by atoms with E-state index in [1.54, 1.807) is 4.90 Å². The van der Waals surface area contributed by atoms with Crippen LogP contribution in [-0.4, -0.2) is 42.1 Å². The van der Waals surface area contributed by atoms with E-state index in [0.29, 0.717) is 6.42 Å². The predicted octanol–water partition coefficient (Wildman–Crippen LogP) is 0.886. The van der Waals surface area contributed by atoms with E-state index in [2.05, 4.69) is 5.32 Å². The Morgan fingerprint density at radius 3 is 2.62 bits per heavy atom. The van der Waals surface area contributed by atoms with Crippen molar-refractivity contribution in [1.82, 2.24) is 10.2 Å². The number of piperidine rings is 1. The van der Waals surface area contributed by atoms with Crippen LogP contribution in [0, 0.1) is 0 Å². The number of carbonyl (C=O) groups excluding carboxylic acids is 2. The van der Waals surface area contributed by atoms with Gasteiger partial charge in [-0.2, -0.15) is 0 Å². The first-order valence-electron chi connectivity index (χ1n) is 5.93. The third-order valence-corrected chi connectivity index (χ3v) is 3.11. The second-order valence-electron chi connectivity index (χ2n) is 4.57. The number of rotatable bonds is 1.